The van der Waals surface area contributed by atoms with Crippen LogP contribution in [0.25, 0.3) is 0 Å². The van der Waals surface area contributed by atoms with E-state index < -0.39 is 10.2 Å². The Hall–Kier alpha value is 0.350. The molecule has 0 aromatic carbocycles. The minimum absolute atomic E-state index is 0.00556. The molecule has 2 fully saturated rings. The second-order valence-corrected chi connectivity index (χ2v) is 9.70. The number of alkyl halides is 1. The summed E-state index contributed by atoms with van der Waals surface area (Å²) in [4.78, 5) is 0.396. The molecule has 2 aliphatic rings. The van der Waals surface area contributed by atoms with E-state index in [4.69, 9.17) is 0 Å². The Bertz CT molecular complexity index is 416. The fourth-order valence-electron chi connectivity index (χ4n) is 2.86. The van der Waals surface area contributed by atoms with Gasteiger partial charge in [0.1, 0.15) is 0 Å². The maximum absolute atomic E-state index is 12.7. The molecule has 0 aromatic heterocycles. The van der Waals surface area contributed by atoms with Crippen molar-refractivity contribution >= 4 is 26.1 Å². The van der Waals surface area contributed by atoms with E-state index in [0.717, 1.165) is 19.3 Å². The second-order valence-electron chi connectivity index (χ2n) is 6.67. The van der Waals surface area contributed by atoms with E-state index in [1.54, 1.807) is 8.61 Å². The zero-order chi connectivity index (χ0) is 14.3. The topological polar surface area (TPSA) is 40.6 Å². The van der Waals surface area contributed by atoms with E-state index in [0.29, 0.717) is 36.9 Å². The standard InChI is InChI=1S/C13H25BrN2O2S/c1-11-4-7-15(8-5-11)19(17,18)16-9-6-12(14)13(2,3)10-16/h11-12H,4-10H2,1-3H3. The van der Waals surface area contributed by atoms with Crippen LogP contribution < -0.4 is 0 Å². The highest BCUT2D eigenvalue weighted by Crippen LogP contribution is 2.36. The average Bonchev–Trinajstić information content (AvgIpc) is 2.33. The van der Waals surface area contributed by atoms with Gasteiger partial charge in [0.15, 0.2) is 0 Å². The molecule has 6 heteroatoms. The number of halogens is 1. The van der Waals surface area contributed by atoms with Crippen molar-refractivity contribution in [3.8, 4) is 0 Å². The maximum atomic E-state index is 12.7. The van der Waals surface area contributed by atoms with E-state index >= 15 is 0 Å². The molecule has 2 rings (SSSR count). The van der Waals surface area contributed by atoms with Crippen LogP contribution in [0.2, 0.25) is 0 Å². The Morgan fingerprint density at radius 2 is 1.58 bits per heavy atom. The number of hydrogen-bond acceptors (Lipinski definition) is 2. The lowest BCUT2D eigenvalue weighted by Gasteiger charge is -2.43. The van der Waals surface area contributed by atoms with E-state index in [-0.39, 0.29) is 5.41 Å². The van der Waals surface area contributed by atoms with E-state index in [1.807, 2.05) is 0 Å². The highest BCUT2D eigenvalue weighted by atomic mass is 79.9. The summed E-state index contributed by atoms with van der Waals surface area (Å²) in [6, 6.07) is 0. The third kappa shape index (κ3) is 3.34. The van der Waals surface area contributed by atoms with Crippen LogP contribution in [0.1, 0.15) is 40.0 Å². The molecule has 112 valence electrons. The van der Waals surface area contributed by atoms with Gasteiger partial charge in [-0.1, -0.05) is 36.7 Å². The van der Waals surface area contributed by atoms with Crippen LogP contribution in [0.5, 0.6) is 0 Å². The van der Waals surface area contributed by atoms with E-state index in [9.17, 15) is 8.42 Å². The van der Waals surface area contributed by atoms with Gasteiger partial charge in [-0.15, -0.1) is 0 Å². The molecule has 2 aliphatic heterocycles. The van der Waals surface area contributed by atoms with Gasteiger partial charge in [0.2, 0.25) is 0 Å². The monoisotopic (exact) mass is 352 g/mol. The Balaban J connectivity index is 2.08. The van der Waals surface area contributed by atoms with Crippen LogP contribution in [-0.2, 0) is 10.2 Å². The molecular formula is C13H25BrN2O2S. The number of rotatable bonds is 2. The van der Waals surface area contributed by atoms with Gasteiger partial charge in [-0.25, -0.2) is 0 Å². The average molecular weight is 353 g/mol. The fraction of sp³-hybridized carbons (Fsp3) is 1.00. The Morgan fingerprint density at radius 3 is 2.11 bits per heavy atom. The predicted octanol–water partition coefficient (Wildman–Crippen LogP) is 2.46. The summed E-state index contributed by atoms with van der Waals surface area (Å²) in [5.74, 6) is 0.649. The molecule has 1 unspecified atom stereocenters. The first-order chi connectivity index (χ1) is 8.73. The van der Waals surface area contributed by atoms with Gasteiger partial charge in [0.25, 0.3) is 10.2 Å². The zero-order valence-corrected chi connectivity index (χ0v) is 14.5. The van der Waals surface area contributed by atoms with Crippen LogP contribution in [0.4, 0.5) is 0 Å². The van der Waals surface area contributed by atoms with Crippen molar-refractivity contribution in [1.29, 1.82) is 0 Å². The second kappa shape index (κ2) is 5.62. The van der Waals surface area contributed by atoms with Crippen molar-refractivity contribution in [2.45, 2.75) is 44.9 Å². The first kappa shape index (κ1) is 15.7. The summed E-state index contributed by atoms with van der Waals surface area (Å²) < 4.78 is 28.7. The summed E-state index contributed by atoms with van der Waals surface area (Å²) in [6.07, 6.45) is 2.85. The molecule has 0 N–H and O–H groups in total. The lowest BCUT2D eigenvalue weighted by molar-refractivity contribution is 0.181. The SMILES string of the molecule is CC1CCN(S(=O)(=O)N2CCC(Br)C(C)(C)C2)CC1. The van der Waals surface area contributed by atoms with Gasteiger partial charge in [-0.3, -0.25) is 0 Å². The summed E-state index contributed by atoms with van der Waals surface area (Å²) in [5, 5.41) is 0. The highest BCUT2D eigenvalue weighted by molar-refractivity contribution is 9.09. The van der Waals surface area contributed by atoms with Gasteiger partial charge in [0, 0.05) is 31.0 Å². The Kier molecular flexibility index (Phi) is 4.65. The summed E-state index contributed by atoms with van der Waals surface area (Å²) >= 11 is 3.67. The van der Waals surface area contributed by atoms with Crippen LogP contribution >= 0.6 is 15.9 Å². The molecule has 0 spiro atoms. The molecule has 0 amide bonds. The molecule has 0 saturated carbocycles. The first-order valence-corrected chi connectivity index (χ1v) is 9.44. The van der Waals surface area contributed by atoms with Gasteiger partial charge >= 0.3 is 0 Å². The molecule has 4 nitrogen and oxygen atoms in total. The van der Waals surface area contributed by atoms with Gasteiger partial charge in [-0.05, 0) is 30.6 Å². The van der Waals surface area contributed by atoms with Crippen molar-refractivity contribution in [2.75, 3.05) is 26.2 Å². The van der Waals surface area contributed by atoms with Gasteiger partial charge in [0.05, 0.1) is 0 Å². The zero-order valence-electron chi connectivity index (χ0n) is 12.1. The highest BCUT2D eigenvalue weighted by Gasteiger charge is 2.41. The maximum Gasteiger partial charge on any atom is 0.281 e. The lowest BCUT2D eigenvalue weighted by Crippen LogP contribution is -2.54. The van der Waals surface area contributed by atoms with Crippen LogP contribution in [0, 0.1) is 11.3 Å². The molecule has 19 heavy (non-hydrogen) atoms. The smallest absolute Gasteiger partial charge is 0.195 e. The molecule has 0 bridgehead atoms. The van der Waals surface area contributed by atoms with Crippen molar-refractivity contribution in [2.24, 2.45) is 11.3 Å². The van der Waals surface area contributed by atoms with Crippen LogP contribution in [-0.4, -0.2) is 48.0 Å². The predicted molar refractivity (Wildman–Crippen MR) is 81.6 cm³/mol. The molecule has 2 saturated heterocycles. The fourth-order valence-corrected chi connectivity index (χ4v) is 5.04. The quantitative estimate of drug-likeness (QED) is 0.716. The largest absolute Gasteiger partial charge is 0.281 e. The van der Waals surface area contributed by atoms with Gasteiger partial charge < -0.3 is 0 Å². The third-order valence-electron chi connectivity index (χ3n) is 4.46. The number of piperidine rings is 2. The summed E-state index contributed by atoms with van der Waals surface area (Å²) in [7, 11) is -3.26. The number of hydrogen-bond donors (Lipinski definition) is 0. The van der Waals surface area contributed by atoms with Gasteiger partial charge in [-0.2, -0.15) is 17.0 Å². The third-order valence-corrected chi connectivity index (χ3v) is 8.14. The van der Waals surface area contributed by atoms with Crippen molar-refractivity contribution in [1.82, 2.24) is 8.61 Å². The molecule has 0 radical (unpaired) electrons. The number of nitrogens with zero attached hydrogens (tertiary/aromatic N) is 2. The first-order valence-electron chi connectivity index (χ1n) is 7.13. The molecular weight excluding hydrogens is 328 g/mol. The van der Waals surface area contributed by atoms with Crippen molar-refractivity contribution < 1.29 is 8.42 Å². The van der Waals surface area contributed by atoms with Crippen molar-refractivity contribution in [3.63, 3.8) is 0 Å². The van der Waals surface area contributed by atoms with Crippen LogP contribution in [0.15, 0.2) is 0 Å². The summed E-state index contributed by atoms with van der Waals surface area (Å²) in [6.45, 7) is 9.06. The van der Waals surface area contributed by atoms with E-state index in [1.165, 1.54) is 0 Å². The minimum Gasteiger partial charge on any atom is -0.195 e. The minimum atomic E-state index is -3.26. The molecule has 0 aliphatic carbocycles. The van der Waals surface area contributed by atoms with Crippen LogP contribution in [0.3, 0.4) is 0 Å². The normalized spacial score (nSPS) is 31.5. The molecule has 2 heterocycles. The Labute approximate surface area is 125 Å². The molecule has 0 aromatic rings. The van der Waals surface area contributed by atoms with Crippen molar-refractivity contribution in [3.05, 3.63) is 0 Å². The molecule has 1 atom stereocenters. The van der Waals surface area contributed by atoms with E-state index in [2.05, 4.69) is 36.7 Å². The summed E-state index contributed by atoms with van der Waals surface area (Å²) in [5.41, 5.74) is -0.00556. The Morgan fingerprint density at radius 1 is 1.05 bits per heavy atom. The lowest BCUT2D eigenvalue weighted by atomic mass is 9.85.